The number of sulfonamides is 1. The number of hydrogen-bond acceptors (Lipinski definition) is 6. The summed E-state index contributed by atoms with van der Waals surface area (Å²) in [5.41, 5.74) is 1.50. The van der Waals surface area contributed by atoms with E-state index < -0.39 is 10.0 Å². The van der Waals surface area contributed by atoms with Crippen molar-refractivity contribution >= 4 is 10.0 Å². The number of hydrogen-bond donors (Lipinski definition) is 1. The third-order valence-corrected chi connectivity index (χ3v) is 3.73. The molecule has 2 N–H and O–H groups in total. The Morgan fingerprint density at radius 1 is 1.38 bits per heavy atom. The van der Waals surface area contributed by atoms with Crippen molar-refractivity contribution in [3.8, 4) is 11.5 Å². The third kappa shape index (κ3) is 3.12. The van der Waals surface area contributed by atoms with Crippen molar-refractivity contribution < 1.29 is 13.2 Å². The largest absolute Gasteiger partial charge is 0.383 e. The van der Waals surface area contributed by atoms with Gasteiger partial charge >= 0.3 is 0 Å². The average molecular weight is 314 g/mol. The summed E-state index contributed by atoms with van der Waals surface area (Å²) in [6.07, 6.45) is 0. The van der Waals surface area contributed by atoms with Crippen molar-refractivity contribution in [2.24, 2.45) is 5.14 Å². The molecule has 0 saturated heterocycles. The van der Waals surface area contributed by atoms with Gasteiger partial charge in [0.15, 0.2) is 5.82 Å². The summed E-state index contributed by atoms with van der Waals surface area (Å²) in [7, 11) is -2.43. The second-order valence-corrected chi connectivity index (χ2v) is 5.94. The van der Waals surface area contributed by atoms with Gasteiger partial charge in [0.2, 0.25) is 0 Å². The van der Waals surface area contributed by atoms with Crippen molar-refractivity contribution in [2.45, 2.75) is 32.1 Å². The molecular weight excluding hydrogens is 296 g/mol. The lowest BCUT2D eigenvalue weighted by molar-refractivity contribution is 0.185. The Morgan fingerprint density at radius 2 is 2.10 bits per heavy atom. The predicted molar refractivity (Wildman–Crippen MR) is 74.9 cm³/mol. The van der Waals surface area contributed by atoms with E-state index in [0.29, 0.717) is 24.7 Å². The number of ether oxygens (including phenoxy) is 1. The minimum absolute atomic E-state index is 0.276. The Bertz CT molecular complexity index is 733. The molecule has 0 unspecified atom stereocenters. The molecule has 2 heterocycles. The van der Waals surface area contributed by atoms with Crippen LogP contribution >= 0.6 is 0 Å². The van der Waals surface area contributed by atoms with Gasteiger partial charge in [-0.15, -0.1) is 10.2 Å². The molecule has 0 amide bonds. The molecule has 0 aromatic carbocycles. The summed E-state index contributed by atoms with van der Waals surface area (Å²) in [6.45, 7) is 5.01. The summed E-state index contributed by atoms with van der Waals surface area (Å²) in [6, 6.07) is 1.82. The molecule has 2 aromatic heterocycles. The second-order valence-electron chi connectivity index (χ2n) is 4.48. The highest BCUT2D eigenvalue weighted by atomic mass is 32.2. The van der Waals surface area contributed by atoms with Crippen molar-refractivity contribution in [1.29, 1.82) is 0 Å². The first-order valence-electron chi connectivity index (χ1n) is 6.38. The zero-order chi connectivity index (χ0) is 15.6. The molecule has 9 nitrogen and oxygen atoms in total. The topological polar surface area (TPSA) is 118 Å². The van der Waals surface area contributed by atoms with Gasteiger partial charge in [0, 0.05) is 13.7 Å². The lowest BCUT2D eigenvalue weighted by Crippen LogP contribution is -2.20. The summed E-state index contributed by atoms with van der Waals surface area (Å²) in [5.74, 6) is 0.401. The average Bonchev–Trinajstić information content (AvgIpc) is 2.98. The molecule has 21 heavy (non-hydrogen) atoms. The molecular formula is C11H18N6O3S. The molecule has 0 radical (unpaired) electrons. The summed E-state index contributed by atoms with van der Waals surface area (Å²) in [5, 5.41) is 16.9. The van der Waals surface area contributed by atoms with Gasteiger partial charge in [-0.25, -0.2) is 13.6 Å². The predicted octanol–water partition coefficient (Wildman–Crippen LogP) is -0.236. The van der Waals surface area contributed by atoms with Crippen LogP contribution in [0.15, 0.2) is 11.2 Å². The summed E-state index contributed by atoms with van der Waals surface area (Å²) >= 11 is 0. The fraction of sp³-hybridized carbons (Fsp3) is 0.545. The molecule has 0 atom stereocenters. The first-order chi connectivity index (χ1) is 9.88. The van der Waals surface area contributed by atoms with E-state index in [-0.39, 0.29) is 11.7 Å². The quantitative estimate of drug-likeness (QED) is 0.786. The van der Waals surface area contributed by atoms with E-state index >= 15 is 0 Å². The highest BCUT2D eigenvalue weighted by molar-refractivity contribution is 7.89. The summed E-state index contributed by atoms with van der Waals surface area (Å²) in [4.78, 5) is 0. The molecule has 0 saturated carbocycles. The second kappa shape index (κ2) is 5.92. The molecule has 2 rings (SSSR count). The zero-order valence-electron chi connectivity index (χ0n) is 12.1. The van der Waals surface area contributed by atoms with Gasteiger partial charge < -0.3 is 4.74 Å². The maximum Gasteiger partial charge on any atom is 0.273 e. The van der Waals surface area contributed by atoms with Gasteiger partial charge in [-0.3, -0.25) is 9.25 Å². The Hall–Kier alpha value is -1.78. The highest BCUT2D eigenvalue weighted by Gasteiger charge is 2.23. The molecule has 2 aromatic rings. The van der Waals surface area contributed by atoms with E-state index in [9.17, 15) is 8.42 Å². The Morgan fingerprint density at radius 3 is 2.67 bits per heavy atom. The SMILES string of the molecule is CCn1nc(C)cc1-c1nnc(S(N)(=O)=O)n1CCOC. The van der Waals surface area contributed by atoms with Crippen LogP contribution in [0.2, 0.25) is 0 Å². The molecule has 0 aliphatic rings. The Kier molecular flexibility index (Phi) is 4.40. The normalized spacial score (nSPS) is 12.0. The van der Waals surface area contributed by atoms with E-state index in [1.807, 2.05) is 19.9 Å². The first kappa shape index (κ1) is 15.6. The van der Waals surface area contributed by atoms with Crippen LogP contribution < -0.4 is 5.14 Å². The maximum absolute atomic E-state index is 11.6. The standard InChI is InChI=1S/C11H18N6O3S/c1-4-17-9(7-8(2)15-17)10-13-14-11(21(12,18)19)16(10)5-6-20-3/h7H,4-6H2,1-3H3,(H2,12,18,19). The molecule has 0 bridgehead atoms. The van der Waals surface area contributed by atoms with E-state index in [1.54, 1.807) is 4.68 Å². The van der Waals surface area contributed by atoms with Crippen LogP contribution in [0.4, 0.5) is 0 Å². The monoisotopic (exact) mass is 314 g/mol. The number of aromatic nitrogens is 5. The maximum atomic E-state index is 11.6. The van der Waals surface area contributed by atoms with Crippen LogP contribution in [0.1, 0.15) is 12.6 Å². The molecule has 0 spiro atoms. The molecule has 116 valence electrons. The number of rotatable bonds is 6. The van der Waals surface area contributed by atoms with Crippen molar-refractivity contribution in [2.75, 3.05) is 13.7 Å². The molecule has 10 heteroatoms. The zero-order valence-corrected chi connectivity index (χ0v) is 13.0. The minimum atomic E-state index is -3.96. The van der Waals surface area contributed by atoms with Crippen LogP contribution in [0.5, 0.6) is 0 Å². The summed E-state index contributed by atoms with van der Waals surface area (Å²) < 4.78 is 31.4. The first-order valence-corrected chi connectivity index (χ1v) is 7.92. The van der Waals surface area contributed by atoms with E-state index in [2.05, 4.69) is 15.3 Å². The van der Waals surface area contributed by atoms with Crippen LogP contribution in [0.3, 0.4) is 0 Å². The molecule has 0 fully saturated rings. The highest BCUT2D eigenvalue weighted by Crippen LogP contribution is 2.21. The minimum Gasteiger partial charge on any atom is -0.383 e. The number of primary sulfonamides is 1. The molecule has 0 aliphatic carbocycles. The Balaban J connectivity index is 2.60. The van der Waals surface area contributed by atoms with Gasteiger partial charge in [-0.1, -0.05) is 0 Å². The van der Waals surface area contributed by atoms with Crippen LogP contribution in [0.25, 0.3) is 11.5 Å². The Labute approximate surface area is 122 Å². The van der Waals surface area contributed by atoms with Gasteiger partial charge in [-0.2, -0.15) is 5.10 Å². The lowest BCUT2D eigenvalue weighted by atomic mass is 10.3. The number of aryl methyl sites for hydroxylation is 2. The number of nitrogens with zero attached hydrogens (tertiary/aromatic N) is 5. The smallest absolute Gasteiger partial charge is 0.273 e. The van der Waals surface area contributed by atoms with Gasteiger partial charge in [0.05, 0.1) is 18.8 Å². The fourth-order valence-electron chi connectivity index (χ4n) is 2.04. The van der Waals surface area contributed by atoms with Gasteiger partial charge in [0.1, 0.15) is 5.69 Å². The molecule has 0 aliphatic heterocycles. The lowest BCUT2D eigenvalue weighted by Gasteiger charge is -2.09. The van der Waals surface area contributed by atoms with Crippen LogP contribution in [-0.2, 0) is 27.8 Å². The van der Waals surface area contributed by atoms with E-state index in [4.69, 9.17) is 9.88 Å². The van der Waals surface area contributed by atoms with Crippen molar-refractivity contribution in [1.82, 2.24) is 24.5 Å². The van der Waals surface area contributed by atoms with Crippen molar-refractivity contribution in [3.63, 3.8) is 0 Å². The van der Waals surface area contributed by atoms with Gasteiger partial charge in [-0.05, 0) is 19.9 Å². The van der Waals surface area contributed by atoms with Gasteiger partial charge in [0.25, 0.3) is 15.2 Å². The van der Waals surface area contributed by atoms with Crippen LogP contribution in [-0.4, -0.2) is 46.7 Å². The number of nitrogens with two attached hydrogens (primary N) is 1. The van der Waals surface area contributed by atoms with Crippen LogP contribution in [0, 0.1) is 6.92 Å². The van der Waals surface area contributed by atoms with Crippen molar-refractivity contribution in [3.05, 3.63) is 11.8 Å². The third-order valence-electron chi connectivity index (χ3n) is 2.92. The van der Waals surface area contributed by atoms with E-state index in [1.165, 1.54) is 11.7 Å². The number of methoxy groups -OCH3 is 1. The van der Waals surface area contributed by atoms with E-state index in [0.717, 1.165) is 5.69 Å². The fourth-order valence-corrected chi connectivity index (χ4v) is 2.68.